The highest BCUT2D eigenvalue weighted by atomic mass is 35.5. The Balaban J connectivity index is 2.07. The maximum absolute atomic E-state index is 12.2. The van der Waals surface area contributed by atoms with Gasteiger partial charge in [-0.25, -0.2) is 0 Å². The summed E-state index contributed by atoms with van der Waals surface area (Å²) in [5, 5.41) is 3.00. The molecule has 1 aliphatic carbocycles. The van der Waals surface area contributed by atoms with E-state index < -0.39 is 0 Å². The average Bonchev–Trinajstić information content (AvgIpc) is 2.78. The summed E-state index contributed by atoms with van der Waals surface area (Å²) in [6, 6.07) is 7.72. The van der Waals surface area contributed by atoms with Gasteiger partial charge >= 0.3 is 0 Å². The van der Waals surface area contributed by atoms with Gasteiger partial charge in [0.25, 0.3) is 0 Å². The van der Waals surface area contributed by atoms with Crippen molar-refractivity contribution in [2.45, 2.75) is 38.5 Å². The number of carbonyl (C=O) groups excluding carboxylic acids is 1. The highest BCUT2D eigenvalue weighted by molar-refractivity contribution is 6.17. The van der Waals surface area contributed by atoms with Crippen LogP contribution in [0, 0.1) is 5.41 Å². The Bertz CT molecular complexity index is 410. The molecule has 1 aliphatic rings. The van der Waals surface area contributed by atoms with E-state index in [1.165, 1.54) is 0 Å². The first-order valence-electron chi connectivity index (χ1n) is 6.10. The van der Waals surface area contributed by atoms with Gasteiger partial charge in [0.1, 0.15) is 0 Å². The van der Waals surface area contributed by atoms with Gasteiger partial charge in [0, 0.05) is 17.0 Å². The number of carbonyl (C=O) groups is 1. The normalized spacial score (nSPS) is 18.0. The summed E-state index contributed by atoms with van der Waals surface area (Å²) in [5.74, 6) is 0.614. The molecule has 0 bridgehead atoms. The maximum Gasteiger partial charge on any atom is 0.230 e. The second-order valence-corrected chi connectivity index (χ2v) is 5.32. The second kappa shape index (κ2) is 5.09. The summed E-state index contributed by atoms with van der Waals surface area (Å²) < 4.78 is 0. The Morgan fingerprint density at radius 1 is 1.41 bits per heavy atom. The van der Waals surface area contributed by atoms with Crippen LogP contribution in [0.15, 0.2) is 24.3 Å². The number of rotatable bonds is 3. The molecule has 2 rings (SSSR count). The molecule has 2 nitrogen and oxygen atoms in total. The largest absolute Gasteiger partial charge is 0.326 e. The Morgan fingerprint density at radius 2 is 2.12 bits per heavy atom. The van der Waals surface area contributed by atoms with Gasteiger partial charge in [-0.15, -0.1) is 11.6 Å². The van der Waals surface area contributed by atoms with E-state index in [4.69, 9.17) is 11.6 Å². The van der Waals surface area contributed by atoms with E-state index >= 15 is 0 Å². The fourth-order valence-electron chi connectivity index (χ4n) is 2.40. The zero-order valence-corrected chi connectivity index (χ0v) is 10.9. The molecule has 1 saturated carbocycles. The van der Waals surface area contributed by atoms with E-state index in [9.17, 15) is 4.79 Å². The third kappa shape index (κ3) is 2.81. The zero-order valence-electron chi connectivity index (χ0n) is 10.1. The number of halogens is 1. The minimum absolute atomic E-state index is 0.140. The standard InChI is InChI=1S/C14H18ClNO/c1-14(7-2-3-8-14)13(17)16-12-6-4-5-11(9-12)10-15/h4-6,9H,2-3,7-8,10H2,1H3,(H,16,17). The van der Waals surface area contributed by atoms with Crippen LogP contribution in [-0.2, 0) is 10.7 Å². The summed E-state index contributed by atoms with van der Waals surface area (Å²) in [7, 11) is 0. The SMILES string of the molecule is CC1(C(=O)Nc2cccc(CCl)c2)CCCC1. The summed E-state index contributed by atoms with van der Waals surface area (Å²) in [5.41, 5.74) is 1.69. The molecule has 0 aliphatic heterocycles. The molecule has 1 aromatic rings. The van der Waals surface area contributed by atoms with E-state index in [1.807, 2.05) is 24.3 Å². The molecule has 0 aromatic heterocycles. The van der Waals surface area contributed by atoms with Gasteiger partial charge in [0.2, 0.25) is 5.91 Å². The zero-order chi connectivity index (χ0) is 12.3. The van der Waals surface area contributed by atoms with Crippen LogP contribution in [0.2, 0.25) is 0 Å². The van der Waals surface area contributed by atoms with Gasteiger partial charge in [-0.05, 0) is 30.5 Å². The predicted molar refractivity (Wildman–Crippen MR) is 71.2 cm³/mol. The molecule has 3 heteroatoms. The van der Waals surface area contributed by atoms with Crippen molar-refractivity contribution in [2.75, 3.05) is 5.32 Å². The molecule has 1 N–H and O–H groups in total. The Labute approximate surface area is 107 Å². The Hall–Kier alpha value is -1.02. The van der Waals surface area contributed by atoms with Crippen molar-refractivity contribution in [1.82, 2.24) is 0 Å². The van der Waals surface area contributed by atoms with Crippen LogP contribution < -0.4 is 5.32 Å². The second-order valence-electron chi connectivity index (χ2n) is 5.06. The lowest BCUT2D eigenvalue weighted by molar-refractivity contribution is -0.124. The molecule has 92 valence electrons. The molecule has 0 radical (unpaired) electrons. The number of amides is 1. The molecule has 1 fully saturated rings. The molecular weight excluding hydrogens is 234 g/mol. The lowest BCUT2D eigenvalue weighted by Gasteiger charge is -2.22. The maximum atomic E-state index is 12.2. The van der Waals surface area contributed by atoms with Gasteiger partial charge in [-0.2, -0.15) is 0 Å². The molecule has 1 aromatic carbocycles. The summed E-state index contributed by atoms with van der Waals surface area (Å²) >= 11 is 5.78. The van der Waals surface area contributed by atoms with Crippen LogP contribution in [0.25, 0.3) is 0 Å². The average molecular weight is 252 g/mol. The molecular formula is C14H18ClNO. The number of hydrogen-bond donors (Lipinski definition) is 1. The van der Waals surface area contributed by atoms with Gasteiger partial charge < -0.3 is 5.32 Å². The number of benzene rings is 1. The van der Waals surface area contributed by atoms with Crippen LogP contribution in [0.4, 0.5) is 5.69 Å². The molecule has 0 heterocycles. The third-order valence-corrected chi connectivity index (χ3v) is 3.90. The van der Waals surface area contributed by atoms with Gasteiger partial charge in [0.05, 0.1) is 0 Å². The van der Waals surface area contributed by atoms with E-state index in [2.05, 4.69) is 12.2 Å². The first-order chi connectivity index (χ1) is 8.14. The van der Waals surface area contributed by atoms with Crippen LogP contribution in [0.3, 0.4) is 0 Å². The Kier molecular flexibility index (Phi) is 3.72. The molecule has 0 spiro atoms. The van der Waals surface area contributed by atoms with Crippen molar-refractivity contribution in [3.05, 3.63) is 29.8 Å². The topological polar surface area (TPSA) is 29.1 Å². The first kappa shape index (κ1) is 12.4. The number of nitrogens with one attached hydrogen (secondary N) is 1. The van der Waals surface area contributed by atoms with E-state index in [0.717, 1.165) is 36.9 Å². The lowest BCUT2D eigenvalue weighted by Crippen LogP contribution is -2.30. The lowest BCUT2D eigenvalue weighted by atomic mass is 9.88. The highest BCUT2D eigenvalue weighted by Gasteiger charge is 2.36. The van der Waals surface area contributed by atoms with E-state index in [1.54, 1.807) is 0 Å². The van der Waals surface area contributed by atoms with Crippen LogP contribution >= 0.6 is 11.6 Å². The third-order valence-electron chi connectivity index (χ3n) is 3.59. The van der Waals surface area contributed by atoms with Crippen molar-refractivity contribution in [1.29, 1.82) is 0 Å². The molecule has 0 unspecified atom stereocenters. The smallest absolute Gasteiger partial charge is 0.230 e. The molecule has 0 atom stereocenters. The van der Waals surface area contributed by atoms with Gasteiger partial charge in [-0.1, -0.05) is 31.9 Å². The van der Waals surface area contributed by atoms with Crippen LogP contribution in [0.1, 0.15) is 38.2 Å². The fraction of sp³-hybridized carbons (Fsp3) is 0.500. The minimum atomic E-state index is -0.184. The number of alkyl halides is 1. The van der Waals surface area contributed by atoms with Gasteiger partial charge in [-0.3, -0.25) is 4.79 Å². The molecule has 0 saturated heterocycles. The highest BCUT2D eigenvalue weighted by Crippen LogP contribution is 2.38. The quantitative estimate of drug-likeness (QED) is 0.810. The fourth-order valence-corrected chi connectivity index (χ4v) is 2.56. The first-order valence-corrected chi connectivity index (χ1v) is 6.64. The van der Waals surface area contributed by atoms with Gasteiger partial charge in [0.15, 0.2) is 0 Å². The summed E-state index contributed by atoms with van der Waals surface area (Å²) in [6.45, 7) is 2.06. The number of hydrogen-bond acceptors (Lipinski definition) is 1. The monoisotopic (exact) mass is 251 g/mol. The number of anilines is 1. The minimum Gasteiger partial charge on any atom is -0.326 e. The van der Waals surface area contributed by atoms with Crippen molar-refractivity contribution in [3.63, 3.8) is 0 Å². The van der Waals surface area contributed by atoms with Crippen molar-refractivity contribution >= 4 is 23.2 Å². The van der Waals surface area contributed by atoms with Crippen molar-refractivity contribution < 1.29 is 4.79 Å². The van der Waals surface area contributed by atoms with Crippen LogP contribution in [-0.4, -0.2) is 5.91 Å². The Morgan fingerprint density at radius 3 is 2.76 bits per heavy atom. The van der Waals surface area contributed by atoms with Crippen molar-refractivity contribution in [2.24, 2.45) is 5.41 Å². The molecule has 17 heavy (non-hydrogen) atoms. The predicted octanol–water partition coefficient (Wildman–Crippen LogP) is 3.94. The summed E-state index contributed by atoms with van der Waals surface area (Å²) in [6.07, 6.45) is 4.30. The summed E-state index contributed by atoms with van der Waals surface area (Å²) in [4.78, 5) is 12.2. The van der Waals surface area contributed by atoms with Crippen LogP contribution in [0.5, 0.6) is 0 Å². The molecule has 1 amide bonds. The van der Waals surface area contributed by atoms with E-state index in [-0.39, 0.29) is 11.3 Å². The van der Waals surface area contributed by atoms with E-state index in [0.29, 0.717) is 5.88 Å². The van der Waals surface area contributed by atoms with Crippen molar-refractivity contribution in [3.8, 4) is 0 Å².